The third kappa shape index (κ3) is 3.21. The highest BCUT2D eigenvalue weighted by Crippen LogP contribution is 2.30. The molecule has 1 aromatic heterocycles. The highest BCUT2D eigenvalue weighted by atomic mass is 79.9. The summed E-state index contributed by atoms with van der Waals surface area (Å²) in [5.41, 5.74) is -1.02. The summed E-state index contributed by atoms with van der Waals surface area (Å²) < 4.78 is 34.2. The summed E-state index contributed by atoms with van der Waals surface area (Å²) in [6.07, 6.45) is -4.24. The maximum absolute atomic E-state index is 12.1. The van der Waals surface area contributed by atoms with Gasteiger partial charge in [0.05, 0.1) is 11.1 Å². The number of halogens is 3. The summed E-state index contributed by atoms with van der Waals surface area (Å²) in [5.74, 6) is -0.613. The summed E-state index contributed by atoms with van der Waals surface area (Å²) in [4.78, 5) is 15.1. The minimum Gasteiger partial charge on any atom is -0.415 e. The molecule has 4 atom stereocenters. The molecule has 0 aromatic carbocycles. The van der Waals surface area contributed by atoms with E-state index in [0.29, 0.717) is 0 Å². The van der Waals surface area contributed by atoms with Gasteiger partial charge in [0.25, 0.3) is 0 Å². The van der Waals surface area contributed by atoms with E-state index >= 15 is 0 Å². The summed E-state index contributed by atoms with van der Waals surface area (Å²) in [6.45, 7) is -3.72. The summed E-state index contributed by atoms with van der Waals surface area (Å²) >= 11 is 2.89. The van der Waals surface area contributed by atoms with E-state index in [-0.39, 0.29) is 4.47 Å². The quantitative estimate of drug-likeness (QED) is 0.635. The molecule has 2 heterocycles. The van der Waals surface area contributed by atoms with Gasteiger partial charge in [-0.1, -0.05) is 0 Å². The minimum atomic E-state index is -3.15. The van der Waals surface area contributed by atoms with E-state index in [4.69, 9.17) is 9.84 Å². The number of alkyl halides is 2. The van der Waals surface area contributed by atoms with Crippen LogP contribution in [-0.2, 0) is 4.74 Å². The highest BCUT2D eigenvalue weighted by Gasteiger charge is 2.44. The van der Waals surface area contributed by atoms with Crippen molar-refractivity contribution in [1.82, 2.24) is 9.55 Å². The first-order chi connectivity index (χ1) is 9.85. The number of hydrogen-bond donors (Lipinski definition) is 3. The molecule has 0 saturated carbocycles. The average Bonchev–Trinajstić information content (AvgIpc) is 2.69. The summed E-state index contributed by atoms with van der Waals surface area (Å²) in [5, 5.41) is 28.4. The normalized spacial score (nSPS) is 29.1. The molecule has 1 fully saturated rings. The number of ether oxygens (including phenoxy) is 2. The van der Waals surface area contributed by atoms with Gasteiger partial charge in [-0.3, -0.25) is 4.57 Å². The molecule has 0 spiro atoms. The lowest BCUT2D eigenvalue weighted by molar-refractivity contribution is -0.0597. The number of aliphatic hydroxyl groups excluding tert-OH is 3. The van der Waals surface area contributed by atoms with Gasteiger partial charge in [-0.15, -0.1) is 0 Å². The van der Waals surface area contributed by atoms with Crippen LogP contribution in [0.2, 0.25) is 0 Å². The Kier molecular flexibility index (Phi) is 4.88. The van der Waals surface area contributed by atoms with Gasteiger partial charge in [0, 0.05) is 6.20 Å². The first-order valence-corrected chi connectivity index (χ1v) is 6.50. The summed E-state index contributed by atoms with van der Waals surface area (Å²) in [6, 6.07) is 0. The molecule has 1 aliphatic heterocycles. The molecule has 1 aromatic rings. The fourth-order valence-corrected chi connectivity index (χ4v) is 2.29. The van der Waals surface area contributed by atoms with E-state index in [9.17, 15) is 23.8 Å². The molecule has 118 valence electrons. The first-order valence-electron chi connectivity index (χ1n) is 5.71. The Morgan fingerprint density at radius 1 is 1.48 bits per heavy atom. The molecule has 2 rings (SSSR count). The molecule has 8 nitrogen and oxygen atoms in total. The van der Waals surface area contributed by atoms with Crippen LogP contribution in [0.5, 0.6) is 5.88 Å². The second-order valence-electron chi connectivity index (χ2n) is 4.19. The fourth-order valence-electron chi connectivity index (χ4n) is 1.89. The van der Waals surface area contributed by atoms with Crippen molar-refractivity contribution in [1.29, 1.82) is 0 Å². The number of aromatic nitrogens is 2. The van der Waals surface area contributed by atoms with Crippen LogP contribution in [0.3, 0.4) is 0 Å². The van der Waals surface area contributed by atoms with Gasteiger partial charge in [-0.05, 0) is 15.9 Å². The molecular weight excluding hydrogens is 362 g/mol. The molecule has 0 amide bonds. The van der Waals surface area contributed by atoms with Crippen molar-refractivity contribution in [2.24, 2.45) is 0 Å². The molecule has 0 radical (unpaired) electrons. The SMILES string of the molecule is O=c1nc(OC(F)F)c(Br)cn1[C@@H]1O[C@H](CO)[C@@H](O)[C@@H]1O. The Bertz CT molecular complexity index is 571. The zero-order chi connectivity index (χ0) is 15.7. The van der Waals surface area contributed by atoms with Crippen LogP contribution in [0.25, 0.3) is 0 Å². The van der Waals surface area contributed by atoms with Gasteiger partial charge in [-0.2, -0.15) is 13.8 Å². The van der Waals surface area contributed by atoms with E-state index < -0.39 is 49.3 Å². The Labute approximate surface area is 124 Å². The molecule has 0 unspecified atom stereocenters. The molecular formula is C10H11BrF2N2O6. The standard InChI is InChI=1S/C10H11BrF2N2O6/c11-3-1-15(10(19)14-7(3)21-9(12)13)8-6(18)5(17)4(2-16)20-8/h1,4-6,8-9,16-18H,2H2/t4-,5-,6+,8-/m1/s1. The number of nitrogens with zero attached hydrogens (tertiary/aromatic N) is 2. The lowest BCUT2D eigenvalue weighted by atomic mass is 10.1. The van der Waals surface area contributed by atoms with Gasteiger partial charge in [0.15, 0.2) is 6.23 Å². The first kappa shape index (κ1) is 16.2. The van der Waals surface area contributed by atoms with Crippen LogP contribution >= 0.6 is 15.9 Å². The molecule has 1 saturated heterocycles. The second kappa shape index (κ2) is 6.32. The third-order valence-corrected chi connectivity index (χ3v) is 3.41. The predicted molar refractivity (Wildman–Crippen MR) is 65.8 cm³/mol. The fraction of sp³-hybridized carbons (Fsp3) is 0.600. The summed E-state index contributed by atoms with van der Waals surface area (Å²) in [7, 11) is 0. The lowest BCUT2D eigenvalue weighted by Crippen LogP contribution is -2.36. The van der Waals surface area contributed by atoms with Crippen LogP contribution in [0.4, 0.5) is 8.78 Å². The molecule has 0 bridgehead atoms. The van der Waals surface area contributed by atoms with Gasteiger partial charge in [0.1, 0.15) is 18.3 Å². The van der Waals surface area contributed by atoms with Gasteiger partial charge in [-0.25, -0.2) is 4.79 Å². The molecule has 3 N–H and O–H groups in total. The maximum Gasteiger partial charge on any atom is 0.388 e. The molecule has 11 heteroatoms. The predicted octanol–water partition coefficient (Wildman–Crippen LogP) is -0.781. The van der Waals surface area contributed by atoms with E-state index in [2.05, 4.69) is 25.7 Å². The van der Waals surface area contributed by atoms with Crippen molar-refractivity contribution in [2.75, 3.05) is 6.61 Å². The number of rotatable bonds is 4. The van der Waals surface area contributed by atoms with Crippen molar-refractivity contribution in [3.05, 3.63) is 21.2 Å². The molecule has 0 aliphatic carbocycles. The Morgan fingerprint density at radius 2 is 2.14 bits per heavy atom. The van der Waals surface area contributed by atoms with Crippen molar-refractivity contribution in [2.45, 2.75) is 31.2 Å². The second-order valence-corrected chi connectivity index (χ2v) is 5.05. The monoisotopic (exact) mass is 372 g/mol. The van der Waals surface area contributed by atoms with Crippen molar-refractivity contribution in [3.8, 4) is 5.88 Å². The van der Waals surface area contributed by atoms with Crippen LogP contribution in [0, 0.1) is 0 Å². The minimum absolute atomic E-state index is 0.0693. The van der Waals surface area contributed by atoms with Crippen molar-refractivity contribution in [3.63, 3.8) is 0 Å². The zero-order valence-corrected chi connectivity index (χ0v) is 11.9. The van der Waals surface area contributed by atoms with Crippen LogP contribution < -0.4 is 10.4 Å². The Balaban J connectivity index is 2.33. The Morgan fingerprint density at radius 3 is 2.67 bits per heavy atom. The van der Waals surface area contributed by atoms with E-state index in [1.54, 1.807) is 0 Å². The van der Waals surface area contributed by atoms with Crippen LogP contribution in [0.15, 0.2) is 15.5 Å². The van der Waals surface area contributed by atoms with E-state index in [0.717, 1.165) is 10.8 Å². The van der Waals surface area contributed by atoms with E-state index in [1.807, 2.05) is 0 Å². The largest absolute Gasteiger partial charge is 0.415 e. The molecule has 21 heavy (non-hydrogen) atoms. The smallest absolute Gasteiger partial charge is 0.388 e. The van der Waals surface area contributed by atoms with E-state index in [1.165, 1.54) is 0 Å². The maximum atomic E-state index is 12.1. The van der Waals surface area contributed by atoms with Gasteiger partial charge >= 0.3 is 12.3 Å². The number of hydrogen-bond acceptors (Lipinski definition) is 7. The van der Waals surface area contributed by atoms with Gasteiger partial charge in [0.2, 0.25) is 5.88 Å². The average molecular weight is 373 g/mol. The molecule has 1 aliphatic rings. The third-order valence-electron chi connectivity index (χ3n) is 2.87. The topological polar surface area (TPSA) is 114 Å². The highest BCUT2D eigenvalue weighted by molar-refractivity contribution is 9.10. The van der Waals surface area contributed by atoms with Crippen LogP contribution in [0.1, 0.15) is 6.23 Å². The number of aliphatic hydroxyl groups is 3. The lowest BCUT2D eigenvalue weighted by Gasteiger charge is -2.18. The van der Waals surface area contributed by atoms with Crippen molar-refractivity contribution >= 4 is 15.9 Å². The zero-order valence-electron chi connectivity index (χ0n) is 10.3. The van der Waals surface area contributed by atoms with Crippen molar-refractivity contribution < 1.29 is 33.6 Å². The Hall–Kier alpha value is -1.14. The van der Waals surface area contributed by atoms with Crippen LogP contribution in [-0.4, -0.2) is 56.4 Å². The van der Waals surface area contributed by atoms with Gasteiger partial charge < -0.3 is 24.8 Å².